The molecule has 1 fully saturated rings. The van der Waals surface area contributed by atoms with Gasteiger partial charge in [-0.05, 0) is 48.8 Å². The standard InChI is InChI=1S/C31H35N3O3/c1-2-26(30(36)32-24-15-6-7-16-24)34(21-22-11-4-3-5-12-22)28(35)19-10-20-33-27-18-9-14-23-13-8-17-25(29(23)27)31(33)37/h3-5,8-9,11-14,17-18,24,26H,2,6-7,10,15-16,19-21H2,1H3,(H,32,36). The van der Waals surface area contributed by atoms with Crippen LogP contribution in [0.15, 0.2) is 66.7 Å². The maximum absolute atomic E-state index is 13.6. The zero-order chi connectivity index (χ0) is 25.8. The topological polar surface area (TPSA) is 69.7 Å². The molecule has 0 radical (unpaired) electrons. The lowest BCUT2D eigenvalue weighted by Crippen LogP contribution is -2.51. The summed E-state index contributed by atoms with van der Waals surface area (Å²) in [6.45, 7) is 2.82. The number of carbonyl (C=O) groups is 3. The fourth-order valence-corrected chi connectivity index (χ4v) is 5.80. The summed E-state index contributed by atoms with van der Waals surface area (Å²) in [6.07, 6.45) is 5.65. The van der Waals surface area contributed by atoms with Crippen LogP contribution in [0, 0.1) is 0 Å². The first-order valence-corrected chi connectivity index (χ1v) is 13.5. The van der Waals surface area contributed by atoms with Gasteiger partial charge in [-0.15, -0.1) is 0 Å². The molecule has 192 valence electrons. The summed E-state index contributed by atoms with van der Waals surface area (Å²) < 4.78 is 0. The molecule has 0 bridgehead atoms. The maximum atomic E-state index is 13.6. The quantitative estimate of drug-likeness (QED) is 0.405. The van der Waals surface area contributed by atoms with Crippen LogP contribution in [0.2, 0.25) is 0 Å². The van der Waals surface area contributed by atoms with E-state index in [1.54, 1.807) is 9.80 Å². The molecular weight excluding hydrogens is 462 g/mol. The monoisotopic (exact) mass is 497 g/mol. The van der Waals surface area contributed by atoms with Gasteiger partial charge in [0, 0.05) is 36.5 Å². The van der Waals surface area contributed by atoms with Crippen molar-refractivity contribution >= 4 is 34.2 Å². The molecule has 6 heteroatoms. The van der Waals surface area contributed by atoms with Crippen LogP contribution >= 0.6 is 0 Å². The van der Waals surface area contributed by atoms with Crippen LogP contribution in [0.5, 0.6) is 0 Å². The number of nitrogens with zero attached hydrogens (tertiary/aromatic N) is 2. The number of benzene rings is 3. The molecule has 2 aliphatic rings. The lowest BCUT2D eigenvalue weighted by Gasteiger charge is -2.32. The number of nitrogens with one attached hydrogen (secondary N) is 1. The van der Waals surface area contributed by atoms with Crippen molar-refractivity contribution in [3.05, 3.63) is 77.9 Å². The van der Waals surface area contributed by atoms with Gasteiger partial charge >= 0.3 is 0 Å². The Morgan fingerprint density at radius 2 is 1.73 bits per heavy atom. The summed E-state index contributed by atoms with van der Waals surface area (Å²) in [5.74, 6) is -0.127. The number of hydrogen-bond acceptors (Lipinski definition) is 3. The zero-order valence-electron chi connectivity index (χ0n) is 21.5. The van der Waals surface area contributed by atoms with Crippen LogP contribution in [0.4, 0.5) is 5.69 Å². The molecule has 1 aliphatic heterocycles. The van der Waals surface area contributed by atoms with Gasteiger partial charge < -0.3 is 15.1 Å². The fraction of sp³-hybridized carbons (Fsp3) is 0.387. The highest BCUT2D eigenvalue weighted by Crippen LogP contribution is 2.37. The summed E-state index contributed by atoms with van der Waals surface area (Å²) in [6, 6.07) is 21.3. The number of carbonyl (C=O) groups excluding carboxylic acids is 3. The minimum atomic E-state index is -0.514. The van der Waals surface area contributed by atoms with E-state index in [9.17, 15) is 14.4 Å². The molecule has 1 aliphatic carbocycles. The number of hydrogen-bond donors (Lipinski definition) is 1. The highest BCUT2D eigenvalue weighted by atomic mass is 16.2. The van der Waals surface area contributed by atoms with E-state index in [4.69, 9.17) is 0 Å². The third-order valence-corrected chi connectivity index (χ3v) is 7.70. The third kappa shape index (κ3) is 5.24. The first-order chi connectivity index (χ1) is 18.1. The Bertz CT molecular complexity index is 1280. The van der Waals surface area contributed by atoms with E-state index in [1.807, 2.05) is 73.7 Å². The molecule has 3 amide bonds. The summed E-state index contributed by atoms with van der Waals surface area (Å²) in [4.78, 5) is 43.5. The molecule has 1 N–H and O–H groups in total. The smallest absolute Gasteiger partial charge is 0.258 e. The Morgan fingerprint density at radius 3 is 2.46 bits per heavy atom. The van der Waals surface area contributed by atoms with E-state index in [0.29, 0.717) is 25.9 Å². The van der Waals surface area contributed by atoms with Crippen LogP contribution < -0.4 is 10.2 Å². The van der Waals surface area contributed by atoms with Crippen LogP contribution in [0.1, 0.15) is 67.8 Å². The van der Waals surface area contributed by atoms with E-state index < -0.39 is 6.04 Å². The summed E-state index contributed by atoms with van der Waals surface area (Å²) in [5, 5.41) is 5.23. The van der Waals surface area contributed by atoms with Crippen molar-refractivity contribution in [3.8, 4) is 0 Å². The van der Waals surface area contributed by atoms with E-state index in [0.717, 1.165) is 53.3 Å². The molecule has 3 aromatic carbocycles. The molecule has 0 saturated heterocycles. The number of rotatable bonds is 10. The molecule has 6 nitrogen and oxygen atoms in total. The van der Waals surface area contributed by atoms with Gasteiger partial charge in [0.25, 0.3) is 5.91 Å². The Balaban J connectivity index is 1.28. The first kappa shape index (κ1) is 25.0. The van der Waals surface area contributed by atoms with E-state index in [1.165, 1.54) is 0 Å². The Labute approximate surface area is 218 Å². The highest BCUT2D eigenvalue weighted by molar-refractivity contribution is 6.25. The van der Waals surface area contributed by atoms with Gasteiger partial charge in [-0.2, -0.15) is 0 Å². The molecule has 0 spiro atoms. The number of amides is 3. The fourth-order valence-electron chi connectivity index (χ4n) is 5.80. The summed E-state index contributed by atoms with van der Waals surface area (Å²) in [7, 11) is 0. The lowest BCUT2D eigenvalue weighted by atomic mass is 10.1. The Hall–Kier alpha value is -3.67. The van der Waals surface area contributed by atoms with Gasteiger partial charge in [0.15, 0.2) is 0 Å². The molecule has 1 heterocycles. The van der Waals surface area contributed by atoms with Crippen molar-refractivity contribution in [1.82, 2.24) is 10.2 Å². The van der Waals surface area contributed by atoms with Gasteiger partial charge in [0.05, 0.1) is 5.69 Å². The molecule has 5 rings (SSSR count). The van der Waals surface area contributed by atoms with Gasteiger partial charge in [0.1, 0.15) is 6.04 Å². The second-order valence-corrected chi connectivity index (χ2v) is 10.2. The van der Waals surface area contributed by atoms with Gasteiger partial charge in [-0.3, -0.25) is 14.4 Å². The van der Waals surface area contributed by atoms with Gasteiger partial charge in [0.2, 0.25) is 11.8 Å². The molecule has 37 heavy (non-hydrogen) atoms. The van der Waals surface area contributed by atoms with Gasteiger partial charge in [-0.1, -0.05) is 74.4 Å². The Morgan fingerprint density at radius 1 is 1.00 bits per heavy atom. The van der Waals surface area contributed by atoms with Crippen LogP contribution in [-0.4, -0.2) is 41.2 Å². The van der Waals surface area contributed by atoms with Crippen LogP contribution in [0.3, 0.4) is 0 Å². The molecule has 1 saturated carbocycles. The lowest BCUT2D eigenvalue weighted by molar-refractivity contribution is -0.141. The largest absolute Gasteiger partial charge is 0.352 e. The number of anilines is 1. The third-order valence-electron chi connectivity index (χ3n) is 7.70. The first-order valence-electron chi connectivity index (χ1n) is 13.5. The second kappa shape index (κ2) is 11.2. The molecule has 1 atom stereocenters. The molecule has 1 unspecified atom stereocenters. The van der Waals surface area contributed by atoms with Crippen molar-refractivity contribution < 1.29 is 14.4 Å². The average Bonchev–Trinajstić information content (AvgIpc) is 3.52. The van der Waals surface area contributed by atoms with Crippen LogP contribution in [-0.2, 0) is 16.1 Å². The van der Waals surface area contributed by atoms with Crippen molar-refractivity contribution in [1.29, 1.82) is 0 Å². The van der Waals surface area contributed by atoms with Crippen molar-refractivity contribution in [3.63, 3.8) is 0 Å². The average molecular weight is 498 g/mol. The van der Waals surface area contributed by atoms with E-state index >= 15 is 0 Å². The molecule has 3 aromatic rings. The second-order valence-electron chi connectivity index (χ2n) is 10.2. The van der Waals surface area contributed by atoms with Crippen molar-refractivity contribution in [2.45, 2.75) is 70.5 Å². The Kier molecular flexibility index (Phi) is 7.54. The van der Waals surface area contributed by atoms with E-state index in [2.05, 4.69) is 5.32 Å². The predicted molar refractivity (Wildman–Crippen MR) is 146 cm³/mol. The zero-order valence-corrected chi connectivity index (χ0v) is 21.5. The summed E-state index contributed by atoms with van der Waals surface area (Å²) >= 11 is 0. The van der Waals surface area contributed by atoms with Gasteiger partial charge in [-0.25, -0.2) is 0 Å². The maximum Gasteiger partial charge on any atom is 0.258 e. The SMILES string of the molecule is CCC(C(=O)NC1CCCC1)N(Cc1ccccc1)C(=O)CCCN1C(=O)c2cccc3cccc1c23. The highest BCUT2D eigenvalue weighted by Gasteiger charge is 2.32. The minimum absolute atomic E-state index is 0.0113. The van der Waals surface area contributed by atoms with E-state index in [-0.39, 0.29) is 30.2 Å². The molecule has 0 aromatic heterocycles. The van der Waals surface area contributed by atoms with Crippen molar-refractivity contribution in [2.75, 3.05) is 11.4 Å². The molecular formula is C31H35N3O3. The predicted octanol–water partition coefficient (Wildman–Crippen LogP) is 5.45. The normalized spacial score (nSPS) is 15.8. The van der Waals surface area contributed by atoms with Crippen molar-refractivity contribution in [2.24, 2.45) is 0 Å². The van der Waals surface area contributed by atoms with Crippen LogP contribution in [0.25, 0.3) is 10.8 Å². The minimum Gasteiger partial charge on any atom is -0.352 e. The summed E-state index contributed by atoms with van der Waals surface area (Å²) in [5.41, 5.74) is 2.63.